The van der Waals surface area contributed by atoms with Gasteiger partial charge in [-0.25, -0.2) is 47.7 Å². The van der Waals surface area contributed by atoms with Crippen molar-refractivity contribution in [2.75, 3.05) is 72.0 Å². The Morgan fingerprint density at radius 3 is 1.36 bits per heavy atom. The summed E-state index contributed by atoms with van der Waals surface area (Å²) in [7, 11) is -0.463. The molecule has 2 saturated carbocycles. The number of aromatic nitrogens is 14. The third kappa shape index (κ3) is 12.4. The highest BCUT2D eigenvalue weighted by Gasteiger charge is 2.52. The molecule has 0 radical (unpaired) electrons. The van der Waals surface area contributed by atoms with Gasteiger partial charge in [-0.3, -0.25) is 9.36 Å². The van der Waals surface area contributed by atoms with E-state index in [0.717, 1.165) is 144 Å². The molecule has 6 atom stereocenters. The number of nitrogens with zero attached hydrogens (tertiary/aromatic N) is 18. The standard InChI is InChI=1S/C29H31FN10O.C28H34BFN8O2.C7H9BrN2O/c1-29(31,21-2-4-23(30)5-3-21)22-14-32-28(33-15-22)38-10-8-37(9-11-38)27-25-12-19(16-40(25)36-18-34-27)20-13-35-39(17-20)24-6-7-26(24)41;1-26(2)27(3,4)40-29(39-26)21-14-23-24(34-18-35-38(23)17-21)36-10-12-37(13-11-36)25-32-15-20(16-33-25)28(5,31)19-6-8-22(30)9-7-19;8-5-3-9-10(4-5)6-1-2-7(6)11/h2-5,12-18,24,26,41H,6-11,31H2,1H3;6-9,14-18H,10-13,31H2,1-5H3;3-4,6-7,11H,1-2H2/t24-,26-,29-;28-;6-,7-/m000/s1. The third-order valence-electron chi connectivity index (χ3n) is 19.0. The number of nitrogens with two attached hydrogens (primary N) is 2. The van der Waals surface area contributed by atoms with Crippen LogP contribution in [0.1, 0.15) is 102 Å². The number of aliphatic hydroxyl groups is 2. The van der Waals surface area contributed by atoms with Crippen molar-refractivity contribution in [3.05, 3.63) is 174 Å². The zero-order chi connectivity index (χ0) is 64.3. The summed E-state index contributed by atoms with van der Waals surface area (Å²) < 4.78 is 47.6. The summed E-state index contributed by atoms with van der Waals surface area (Å²) >= 11 is 3.31. The molecule has 10 aromatic rings. The molecule has 3 saturated heterocycles. The number of halogens is 3. The van der Waals surface area contributed by atoms with E-state index in [1.54, 1.807) is 67.9 Å². The molecule has 11 heterocycles. The van der Waals surface area contributed by atoms with E-state index in [9.17, 15) is 19.0 Å². The first-order valence-corrected chi connectivity index (χ1v) is 31.8. The lowest BCUT2D eigenvalue weighted by atomic mass is 9.81. The molecule has 2 aliphatic carbocycles. The fourth-order valence-corrected chi connectivity index (χ4v) is 12.3. The molecule has 2 aromatic carbocycles. The third-order valence-corrected chi connectivity index (χ3v) is 19.4. The molecule has 3 aliphatic heterocycles. The van der Waals surface area contributed by atoms with Gasteiger partial charge in [-0.1, -0.05) is 24.3 Å². The Hall–Kier alpha value is -8.38. The normalized spacial score (nSPS) is 21.6. The van der Waals surface area contributed by atoms with Crippen LogP contribution in [0.3, 0.4) is 0 Å². The van der Waals surface area contributed by atoms with Crippen molar-refractivity contribution >= 4 is 63.1 Å². The lowest BCUT2D eigenvalue weighted by Crippen LogP contribution is -2.47. The highest BCUT2D eigenvalue weighted by Crippen LogP contribution is 2.38. The summed E-state index contributed by atoms with van der Waals surface area (Å²) in [5.41, 5.74) is 18.5. The molecule has 5 fully saturated rings. The molecule has 0 unspecified atom stereocenters. The van der Waals surface area contributed by atoms with Crippen molar-refractivity contribution in [3.63, 3.8) is 0 Å². The van der Waals surface area contributed by atoms with Gasteiger partial charge in [-0.15, -0.1) is 0 Å². The van der Waals surface area contributed by atoms with Crippen LogP contribution in [-0.2, 0) is 20.4 Å². The second-order valence-corrected chi connectivity index (χ2v) is 26.5. The highest BCUT2D eigenvalue weighted by molar-refractivity contribution is 9.10. The van der Waals surface area contributed by atoms with Gasteiger partial charge in [-0.2, -0.15) is 20.4 Å². The Bertz CT molecular complexity index is 4170. The van der Waals surface area contributed by atoms with E-state index < -0.39 is 29.4 Å². The van der Waals surface area contributed by atoms with Crippen molar-refractivity contribution in [1.82, 2.24) is 68.7 Å². The maximum Gasteiger partial charge on any atom is 0.496 e. The van der Waals surface area contributed by atoms with Crippen molar-refractivity contribution < 1.29 is 28.3 Å². The van der Waals surface area contributed by atoms with Crippen LogP contribution < -0.4 is 36.5 Å². The Kier molecular flexibility index (Phi) is 16.9. The predicted molar refractivity (Wildman–Crippen MR) is 348 cm³/mol. The molecule has 6 N–H and O–H groups in total. The van der Waals surface area contributed by atoms with Crippen LogP contribution in [0.2, 0.25) is 0 Å². The quantitative estimate of drug-likeness (QED) is 0.0936. The van der Waals surface area contributed by atoms with E-state index in [1.807, 2.05) is 90.9 Å². The van der Waals surface area contributed by atoms with Crippen LogP contribution in [-0.4, -0.2) is 162 Å². The first-order valence-electron chi connectivity index (χ1n) is 31.0. The zero-order valence-corrected chi connectivity index (χ0v) is 53.7. The molecule has 478 valence electrons. The topological polar surface area (TPSA) is 272 Å². The molecule has 24 nitrogen and oxygen atoms in total. The number of anilines is 4. The summed E-state index contributed by atoms with van der Waals surface area (Å²) in [6.45, 7) is 17.9. The van der Waals surface area contributed by atoms with E-state index in [-0.39, 0.29) is 35.9 Å². The van der Waals surface area contributed by atoms with Crippen LogP contribution in [0.5, 0.6) is 0 Å². The van der Waals surface area contributed by atoms with E-state index in [1.165, 1.54) is 24.3 Å². The predicted octanol–water partition coefficient (Wildman–Crippen LogP) is 6.61. The monoisotopic (exact) mass is 1310 g/mol. The van der Waals surface area contributed by atoms with E-state index in [4.69, 9.17) is 20.8 Å². The van der Waals surface area contributed by atoms with Gasteiger partial charge in [0.25, 0.3) is 0 Å². The molecule has 5 aliphatic rings. The second kappa shape index (κ2) is 24.9. The van der Waals surface area contributed by atoms with Crippen molar-refractivity contribution in [2.45, 2.75) is 114 Å². The largest absolute Gasteiger partial charge is 0.496 e. The second-order valence-electron chi connectivity index (χ2n) is 25.6. The summed E-state index contributed by atoms with van der Waals surface area (Å²) in [6.07, 6.45) is 24.8. The van der Waals surface area contributed by atoms with E-state index in [0.29, 0.717) is 11.9 Å². The van der Waals surface area contributed by atoms with Crippen molar-refractivity contribution in [2.24, 2.45) is 11.5 Å². The lowest BCUT2D eigenvalue weighted by molar-refractivity contribution is 0.00578. The fourth-order valence-electron chi connectivity index (χ4n) is 12.0. The summed E-state index contributed by atoms with van der Waals surface area (Å²) in [5.74, 6) is 2.45. The van der Waals surface area contributed by atoms with Crippen LogP contribution in [0.15, 0.2) is 140 Å². The van der Waals surface area contributed by atoms with Gasteiger partial charge in [0.15, 0.2) is 11.6 Å². The van der Waals surface area contributed by atoms with Gasteiger partial charge in [0.1, 0.15) is 35.3 Å². The number of fused-ring (bicyclic) bond motifs is 2. The zero-order valence-electron chi connectivity index (χ0n) is 52.1. The molecule has 0 amide bonds. The number of rotatable bonds is 12. The van der Waals surface area contributed by atoms with E-state index in [2.05, 4.69) is 98.0 Å². The molecule has 15 rings (SSSR count). The van der Waals surface area contributed by atoms with Crippen molar-refractivity contribution in [3.8, 4) is 11.1 Å². The van der Waals surface area contributed by atoms with Gasteiger partial charge >= 0.3 is 7.12 Å². The molecular formula is C64H74BBrF2N20O4. The number of hydrogen-bond acceptors (Lipinski definition) is 20. The Balaban J connectivity index is 0.000000144. The number of aliphatic hydroxyl groups excluding tert-OH is 2. The maximum absolute atomic E-state index is 13.4. The first kappa shape index (κ1) is 62.4. The Morgan fingerprint density at radius 1 is 0.511 bits per heavy atom. The molecule has 0 bridgehead atoms. The molecule has 92 heavy (non-hydrogen) atoms. The van der Waals surface area contributed by atoms with Crippen molar-refractivity contribution in [1.29, 1.82) is 0 Å². The lowest BCUT2D eigenvalue weighted by Gasteiger charge is -2.35. The average Bonchev–Trinajstić information content (AvgIpc) is 1.60. The van der Waals surface area contributed by atoms with Crippen LogP contribution in [0, 0.1) is 11.6 Å². The molecular weight excluding hydrogens is 1240 g/mol. The number of piperazine rings is 2. The molecule has 28 heteroatoms. The molecule has 8 aromatic heterocycles. The highest BCUT2D eigenvalue weighted by atomic mass is 79.9. The van der Waals surface area contributed by atoms with Gasteiger partial charge < -0.3 is 50.6 Å². The number of hydrogen-bond donors (Lipinski definition) is 4. The minimum absolute atomic E-state index is 0.0576. The number of benzene rings is 2. The average molecular weight is 1320 g/mol. The summed E-state index contributed by atoms with van der Waals surface area (Å²) in [4.78, 5) is 36.5. The van der Waals surface area contributed by atoms with Crippen LogP contribution in [0.4, 0.5) is 32.3 Å². The van der Waals surface area contributed by atoms with Gasteiger partial charge in [-0.05, 0) is 131 Å². The first-order chi connectivity index (χ1) is 44.1. The minimum Gasteiger partial charge on any atom is -0.399 e. The van der Waals surface area contributed by atoms with Gasteiger partial charge in [0, 0.05) is 130 Å². The van der Waals surface area contributed by atoms with Crippen LogP contribution >= 0.6 is 15.9 Å². The maximum atomic E-state index is 13.4. The Morgan fingerprint density at radius 2 is 0.935 bits per heavy atom. The fraction of sp³-hybridized carbons (Fsp3) is 0.406. The minimum atomic E-state index is -0.837. The Labute approximate surface area is 539 Å². The van der Waals surface area contributed by atoms with Crippen LogP contribution in [0.25, 0.3) is 22.2 Å². The summed E-state index contributed by atoms with van der Waals surface area (Å²) in [5, 5.41) is 36.7. The van der Waals surface area contributed by atoms with E-state index >= 15 is 0 Å². The smallest absolute Gasteiger partial charge is 0.399 e. The molecule has 0 spiro atoms. The SMILES string of the molecule is CC1(C)OB(c2cc3c(N4CCN(c5ncc([C@@](C)(N)c6ccc(F)cc6)cn5)CC4)ncnn3c2)OC1(C)C.C[C@](N)(c1ccc(F)cc1)c1cnc(N2CCN(c3ncnn4cc(-c5cnn([C@H]6CC[C@@H]6O)c5)cc34)CC2)nc1.O[C@H]1CC[C@@H]1n1cc(Br)cn1. The van der Waals surface area contributed by atoms with Gasteiger partial charge in [0.05, 0.1) is 63.4 Å². The van der Waals surface area contributed by atoms with Gasteiger partial charge in [0.2, 0.25) is 11.9 Å². The summed E-state index contributed by atoms with van der Waals surface area (Å²) in [6, 6.07) is 16.8.